The molecule has 0 amide bonds. The average Bonchev–Trinajstić information content (AvgIpc) is 2.80. The fourth-order valence-electron chi connectivity index (χ4n) is 1.13. The van der Waals surface area contributed by atoms with E-state index < -0.39 is 0 Å². The van der Waals surface area contributed by atoms with Gasteiger partial charge in [0, 0.05) is 36.9 Å². The first-order valence-corrected chi connectivity index (χ1v) is 4.57. The lowest BCUT2D eigenvalue weighted by Crippen LogP contribution is -1.98. The highest BCUT2D eigenvalue weighted by atomic mass is 15.2. The number of aromatic nitrogens is 4. The molecule has 0 radical (unpaired) electrons. The molecule has 0 aromatic carbocycles. The fraction of sp³-hybridized carbons (Fsp3) is 0.100. The van der Waals surface area contributed by atoms with Gasteiger partial charge in [0.1, 0.15) is 6.33 Å². The minimum Gasteiger partial charge on any atom is -0.327 e. The highest BCUT2D eigenvalue weighted by molar-refractivity contribution is 5.46. The predicted molar refractivity (Wildman–Crippen MR) is 57.2 cm³/mol. The maximum Gasteiger partial charge on any atom is 0.234 e. The molecule has 0 saturated carbocycles. The van der Waals surface area contributed by atoms with Crippen molar-refractivity contribution in [1.82, 2.24) is 19.5 Å². The molecule has 5 nitrogen and oxygen atoms in total. The van der Waals surface area contributed by atoms with Gasteiger partial charge in [0.15, 0.2) is 0 Å². The fourth-order valence-corrected chi connectivity index (χ4v) is 1.13. The number of imidazole rings is 1. The van der Waals surface area contributed by atoms with Gasteiger partial charge in [0.05, 0.1) is 0 Å². The molecule has 76 valence electrons. The van der Waals surface area contributed by atoms with Crippen LogP contribution in [0, 0.1) is 0 Å². The van der Waals surface area contributed by atoms with Crippen LogP contribution in [0.4, 0.5) is 0 Å². The van der Waals surface area contributed by atoms with Crippen LogP contribution in [0.3, 0.4) is 0 Å². The lowest BCUT2D eigenvalue weighted by Gasteiger charge is -1.98. The van der Waals surface area contributed by atoms with Gasteiger partial charge >= 0.3 is 0 Å². The summed E-state index contributed by atoms with van der Waals surface area (Å²) in [6.07, 6.45) is 12.4. The molecule has 15 heavy (non-hydrogen) atoms. The molecule has 0 bridgehead atoms. The number of rotatable bonds is 3. The van der Waals surface area contributed by atoms with Crippen LogP contribution in [-0.4, -0.2) is 26.1 Å². The Morgan fingerprint density at radius 2 is 2.13 bits per heavy atom. The van der Waals surface area contributed by atoms with E-state index in [9.17, 15) is 0 Å². The lowest BCUT2D eigenvalue weighted by molar-refractivity contribution is 0.923. The van der Waals surface area contributed by atoms with Crippen LogP contribution in [0.1, 0.15) is 5.56 Å². The number of hydrogen-bond donors (Lipinski definition) is 1. The molecule has 2 aromatic rings. The quantitative estimate of drug-likeness (QED) is 0.790. The van der Waals surface area contributed by atoms with Gasteiger partial charge in [-0.3, -0.25) is 4.57 Å². The van der Waals surface area contributed by atoms with Crippen molar-refractivity contribution < 1.29 is 0 Å². The highest BCUT2D eigenvalue weighted by Crippen LogP contribution is 2.02. The van der Waals surface area contributed by atoms with Crippen molar-refractivity contribution in [3.8, 4) is 5.95 Å². The Labute approximate surface area is 87.3 Å². The normalized spacial score (nSPS) is 11.0. The van der Waals surface area contributed by atoms with Gasteiger partial charge in [0.2, 0.25) is 5.95 Å². The zero-order valence-corrected chi connectivity index (χ0v) is 8.11. The van der Waals surface area contributed by atoms with E-state index in [1.54, 1.807) is 35.7 Å². The summed E-state index contributed by atoms with van der Waals surface area (Å²) >= 11 is 0. The second kappa shape index (κ2) is 4.47. The molecule has 0 aliphatic heterocycles. The van der Waals surface area contributed by atoms with Crippen molar-refractivity contribution >= 4 is 6.08 Å². The van der Waals surface area contributed by atoms with Crippen molar-refractivity contribution in [3.63, 3.8) is 0 Å². The minimum atomic E-state index is 0.517. The predicted octanol–water partition coefficient (Wildman–Crippen LogP) is 0.634. The van der Waals surface area contributed by atoms with Crippen molar-refractivity contribution in [3.05, 3.63) is 42.8 Å². The van der Waals surface area contributed by atoms with Gasteiger partial charge in [-0.25, -0.2) is 15.0 Å². The van der Waals surface area contributed by atoms with Crippen LogP contribution in [0.5, 0.6) is 0 Å². The zero-order valence-electron chi connectivity index (χ0n) is 8.11. The topological polar surface area (TPSA) is 69.6 Å². The highest BCUT2D eigenvalue weighted by Gasteiger charge is 1.97. The summed E-state index contributed by atoms with van der Waals surface area (Å²) in [5, 5.41) is 0. The van der Waals surface area contributed by atoms with Crippen LogP contribution < -0.4 is 5.73 Å². The van der Waals surface area contributed by atoms with E-state index in [0.29, 0.717) is 12.5 Å². The Kier molecular flexibility index (Phi) is 2.85. The summed E-state index contributed by atoms with van der Waals surface area (Å²) in [6.45, 7) is 0.517. The lowest BCUT2D eigenvalue weighted by atomic mass is 10.3. The van der Waals surface area contributed by atoms with Gasteiger partial charge in [-0.05, 0) is 0 Å². The third-order valence-electron chi connectivity index (χ3n) is 1.84. The molecular formula is C10H11N5. The molecule has 0 aliphatic rings. The van der Waals surface area contributed by atoms with E-state index in [1.807, 2.05) is 12.2 Å². The van der Waals surface area contributed by atoms with Crippen LogP contribution in [0.2, 0.25) is 0 Å². The third kappa shape index (κ3) is 2.26. The maximum absolute atomic E-state index is 5.34. The van der Waals surface area contributed by atoms with Gasteiger partial charge in [-0.1, -0.05) is 12.2 Å². The second-order valence-electron chi connectivity index (χ2n) is 2.92. The number of hydrogen-bond acceptors (Lipinski definition) is 4. The summed E-state index contributed by atoms with van der Waals surface area (Å²) in [7, 11) is 0. The standard InChI is InChI=1S/C10H11N5/c11-3-1-2-9-6-13-10(14-7-9)15-5-4-12-8-15/h1-2,4-8H,3,11H2. The first-order valence-electron chi connectivity index (χ1n) is 4.57. The van der Waals surface area contributed by atoms with Crippen LogP contribution in [0.25, 0.3) is 12.0 Å². The number of nitrogens with two attached hydrogens (primary N) is 1. The first kappa shape index (κ1) is 9.54. The van der Waals surface area contributed by atoms with Gasteiger partial charge in [-0.2, -0.15) is 0 Å². The van der Waals surface area contributed by atoms with Gasteiger partial charge < -0.3 is 5.73 Å². The number of nitrogens with zero attached hydrogens (tertiary/aromatic N) is 4. The van der Waals surface area contributed by atoms with Crippen molar-refractivity contribution in [1.29, 1.82) is 0 Å². The summed E-state index contributed by atoms with van der Waals surface area (Å²) < 4.78 is 1.75. The molecule has 0 aliphatic carbocycles. The Morgan fingerprint density at radius 1 is 1.33 bits per heavy atom. The summed E-state index contributed by atoms with van der Waals surface area (Å²) in [5.41, 5.74) is 6.28. The maximum atomic E-state index is 5.34. The SMILES string of the molecule is NCC=Cc1cnc(-n2ccnc2)nc1. The van der Waals surface area contributed by atoms with Gasteiger partial charge in [0.25, 0.3) is 0 Å². The van der Waals surface area contributed by atoms with E-state index >= 15 is 0 Å². The van der Waals surface area contributed by atoms with E-state index in [0.717, 1.165) is 5.56 Å². The summed E-state index contributed by atoms with van der Waals surface area (Å²) in [6, 6.07) is 0. The smallest absolute Gasteiger partial charge is 0.234 e. The molecular weight excluding hydrogens is 190 g/mol. The monoisotopic (exact) mass is 201 g/mol. The molecule has 2 N–H and O–H groups in total. The Bertz CT molecular complexity index is 429. The van der Waals surface area contributed by atoms with Crippen LogP contribution in [-0.2, 0) is 0 Å². The summed E-state index contributed by atoms with van der Waals surface area (Å²) in [5.74, 6) is 0.609. The molecule has 2 aromatic heterocycles. The largest absolute Gasteiger partial charge is 0.327 e. The molecule has 0 spiro atoms. The molecule has 2 heterocycles. The molecule has 0 atom stereocenters. The third-order valence-corrected chi connectivity index (χ3v) is 1.84. The Morgan fingerprint density at radius 3 is 2.73 bits per heavy atom. The van der Waals surface area contributed by atoms with Crippen molar-refractivity contribution in [2.75, 3.05) is 6.54 Å². The average molecular weight is 201 g/mol. The summed E-state index contributed by atoms with van der Waals surface area (Å²) in [4.78, 5) is 12.3. The van der Waals surface area contributed by atoms with Crippen molar-refractivity contribution in [2.24, 2.45) is 5.73 Å². The molecule has 0 fully saturated rings. The zero-order chi connectivity index (χ0) is 10.5. The van der Waals surface area contributed by atoms with Crippen molar-refractivity contribution in [2.45, 2.75) is 0 Å². The first-order chi connectivity index (χ1) is 7.40. The molecule has 5 heteroatoms. The minimum absolute atomic E-state index is 0.517. The molecule has 0 unspecified atom stereocenters. The Hall–Kier alpha value is -2.01. The second-order valence-corrected chi connectivity index (χ2v) is 2.92. The van der Waals surface area contributed by atoms with E-state index in [2.05, 4.69) is 15.0 Å². The van der Waals surface area contributed by atoms with Crippen LogP contribution >= 0.6 is 0 Å². The van der Waals surface area contributed by atoms with E-state index in [1.165, 1.54) is 0 Å². The van der Waals surface area contributed by atoms with Crippen LogP contribution in [0.15, 0.2) is 37.2 Å². The van der Waals surface area contributed by atoms with E-state index in [-0.39, 0.29) is 0 Å². The Balaban J connectivity index is 2.21. The molecule has 0 saturated heterocycles. The molecule has 2 rings (SSSR count). The van der Waals surface area contributed by atoms with Gasteiger partial charge in [-0.15, -0.1) is 0 Å². The van der Waals surface area contributed by atoms with E-state index in [4.69, 9.17) is 5.73 Å².